The van der Waals surface area contributed by atoms with Gasteiger partial charge in [-0.15, -0.1) is 0 Å². The lowest BCUT2D eigenvalue weighted by Crippen LogP contribution is -2.15. The number of carbonyl (C=O) groups is 1. The van der Waals surface area contributed by atoms with Gasteiger partial charge in [0.2, 0.25) is 10.0 Å². The fraction of sp³-hybridized carbons (Fsp3) is 0.0667. The van der Waals surface area contributed by atoms with Gasteiger partial charge < -0.3 is 11.1 Å². The number of alkyl halides is 3. The minimum Gasteiger partial charge on any atom is -0.383 e. The van der Waals surface area contributed by atoms with E-state index in [9.17, 15) is 26.4 Å². The Bertz CT molecular complexity index is 1890. The van der Waals surface area contributed by atoms with Crippen molar-refractivity contribution >= 4 is 38.2 Å². The third kappa shape index (κ3) is 6.06. The van der Waals surface area contributed by atoms with Gasteiger partial charge in [0.15, 0.2) is 0 Å². The molecule has 0 aliphatic heterocycles. The quantitative estimate of drug-likeness (QED) is 0.229. The van der Waals surface area contributed by atoms with E-state index in [4.69, 9.17) is 10.9 Å². The highest BCUT2D eigenvalue weighted by Gasteiger charge is 2.31. The molecule has 1 heterocycles. The number of hydrogen-bond acceptors (Lipinski definition) is 5. The third-order valence-electron chi connectivity index (χ3n) is 6.59. The highest BCUT2D eigenvalue weighted by Crippen LogP contribution is 2.34. The summed E-state index contributed by atoms with van der Waals surface area (Å²) in [5.41, 5.74) is 7.34. The second kappa shape index (κ2) is 10.7. The molecule has 5 N–H and O–H groups in total. The van der Waals surface area contributed by atoms with Crippen LogP contribution in [-0.4, -0.2) is 19.3 Å². The molecule has 0 radical (unpaired) electrons. The van der Waals surface area contributed by atoms with Crippen molar-refractivity contribution < 1.29 is 26.4 Å². The topological polar surface area (TPSA) is 128 Å². The Morgan fingerprint density at radius 3 is 2.34 bits per heavy atom. The maximum atomic E-state index is 13.5. The SMILES string of the molecule is Nc1nccc2ccc(Cc3ccc(C(F)(F)F)cc3NC(=O)c3ccc(-c4ccccc4S(N)(=O)=O)cc3)cc12. The molecular formula is C30H23F3N4O3S. The van der Waals surface area contributed by atoms with Crippen LogP contribution in [0.2, 0.25) is 0 Å². The number of anilines is 2. The average molecular weight is 577 g/mol. The van der Waals surface area contributed by atoms with E-state index in [0.717, 1.165) is 23.1 Å². The van der Waals surface area contributed by atoms with Crippen LogP contribution in [0.5, 0.6) is 0 Å². The molecule has 0 fully saturated rings. The Morgan fingerprint density at radius 1 is 0.902 bits per heavy atom. The summed E-state index contributed by atoms with van der Waals surface area (Å²) < 4.78 is 64.6. The molecule has 41 heavy (non-hydrogen) atoms. The monoisotopic (exact) mass is 576 g/mol. The summed E-state index contributed by atoms with van der Waals surface area (Å²) in [5.74, 6) is -0.302. The lowest BCUT2D eigenvalue weighted by atomic mass is 9.98. The van der Waals surface area contributed by atoms with Crippen LogP contribution in [0.4, 0.5) is 24.7 Å². The van der Waals surface area contributed by atoms with E-state index in [0.29, 0.717) is 27.9 Å². The third-order valence-corrected chi connectivity index (χ3v) is 7.56. The number of halogens is 3. The Kier molecular flexibility index (Phi) is 7.24. The number of rotatable bonds is 6. The molecule has 1 amide bonds. The van der Waals surface area contributed by atoms with Gasteiger partial charge >= 0.3 is 6.18 Å². The number of fused-ring (bicyclic) bond motifs is 1. The van der Waals surface area contributed by atoms with Crippen molar-refractivity contribution in [2.45, 2.75) is 17.5 Å². The van der Waals surface area contributed by atoms with Gasteiger partial charge in [-0.2, -0.15) is 13.2 Å². The number of pyridine rings is 1. The normalized spacial score (nSPS) is 11.9. The van der Waals surface area contributed by atoms with Crippen LogP contribution in [0.3, 0.4) is 0 Å². The zero-order chi connectivity index (χ0) is 29.4. The molecular weight excluding hydrogens is 553 g/mol. The van der Waals surface area contributed by atoms with Gasteiger partial charge in [0.1, 0.15) is 5.82 Å². The molecule has 5 rings (SSSR count). The van der Waals surface area contributed by atoms with Crippen LogP contribution in [0.25, 0.3) is 21.9 Å². The van der Waals surface area contributed by atoms with Gasteiger partial charge in [-0.25, -0.2) is 18.5 Å². The van der Waals surface area contributed by atoms with Crippen molar-refractivity contribution in [1.29, 1.82) is 0 Å². The van der Waals surface area contributed by atoms with Gasteiger partial charge in [0.05, 0.1) is 10.5 Å². The summed E-state index contributed by atoms with van der Waals surface area (Å²) in [4.78, 5) is 17.2. The molecule has 0 aliphatic rings. The van der Waals surface area contributed by atoms with E-state index < -0.39 is 27.7 Å². The molecule has 5 aromatic rings. The Hall–Kier alpha value is -4.74. The van der Waals surface area contributed by atoms with Crippen molar-refractivity contribution in [1.82, 2.24) is 4.98 Å². The number of hydrogen-bond donors (Lipinski definition) is 3. The lowest BCUT2D eigenvalue weighted by molar-refractivity contribution is -0.137. The summed E-state index contributed by atoms with van der Waals surface area (Å²) in [7, 11) is -3.99. The lowest BCUT2D eigenvalue weighted by Gasteiger charge is -2.16. The highest BCUT2D eigenvalue weighted by molar-refractivity contribution is 7.89. The van der Waals surface area contributed by atoms with Crippen LogP contribution in [0.15, 0.2) is 102 Å². The Morgan fingerprint density at radius 2 is 1.63 bits per heavy atom. The zero-order valence-corrected chi connectivity index (χ0v) is 22.1. The molecule has 208 valence electrons. The first-order chi connectivity index (χ1) is 19.4. The van der Waals surface area contributed by atoms with Crippen LogP contribution < -0.4 is 16.2 Å². The maximum absolute atomic E-state index is 13.5. The number of sulfonamides is 1. The summed E-state index contributed by atoms with van der Waals surface area (Å²) >= 11 is 0. The largest absolute Gasteiger partial charge is 0.416 e. The first kappa shape index (κ1) is 27.8. The van der Waals surface area contributed by atoms with E-state index in [2.05, 4.69) is 10.3 Å². The van der Waals surface area contributed by atoms with E-state index in [1.807, 2.05) is 18.2 Å². The van der Waals surface area contributed by atoms with Crippen LogP contribution in [-0.2, 0) is 22.6 Å². The average Bonchev–Trinajstić information content (AvgIpc) is 2.93. The van der Waals surface area contributed by atoms with E-state index in [-0.39, 0.29) is 22.6 Å². The van der Waals surface area contributed by atoms with Crippen molar-refractivity contribution in [2.24, 2.45) is 5.14 Å². The number of carbonyl (C=O) groups excluding carboxylic acids is 1. The Balaban J connectivity index is 1.45. The smallest absolute Gasteiger partial charge is 0.383 e. The number of nitrogens with one attached hydrogen (secondary N) is 1. The second-order valence-corrected chi connectivity index (χ2v) is 10.9. The van der Waals surface area contributed by atoms with Gasteiger partial charge in [-0.05, 0) is 71.0 Å². The first-order valence-electron chi connectivity index (χ1n) is 12.3. The predicted molar refractivity (Wildman–Crippen MR) is 152 cm³/mol. The number of aromatic nitrogens is 1. The highest BCUT2D eigenvalue weighted by atomic mass is 32.2. The van der Waals surface area contributed by atoms with Crippen molar-refractivity contribution in [3.63, 3.8) is 0 Å². The molecule has 4 aromatic carbocycles. The molecule has 11 heteroatoms. The standard InChI is InChI=1S/C30H23F3N4O3S/c31-30(32,33)23-12-11-22(15-18-5-6-20-13-14-36-28(34)25(20)16-18)26(17-23)37-29(38)21-9-7-19(8-10-21)24-3-1-2-4-27(24)41(35,39)40/h1-14,16-17H,15H2,(H2,34,36)(H,37,38)(H2,35,39,40). The van der Waals surface area contributed by atoms with E-state index >= 15 is 0 Å². The molecule has 0 spiro atoms. The van der Waals surface area contributed by atoms with Gasteiger partial charge in [-0.3, -0.25) is 4.79 Å². The maximum Gasteiger partial charge on any atom is 0.416 e. The number of benzene rings is 4. The Labute approximate surface area is 233 Å². The van der Waals surface area contributed by atoms with Gasteiger partial charge in [-0.1, -0.05) is 48.5 Å². The number of primary sulfonamides is 1. The van der Waals surface area contributed by atoms with Gasteiger partial charge in [0, 0.05) is 28.4 Å². The molecule has 0 atom stereocenters. The molecule has 0 unspecified atom stereocenters. The summed E-state index contributed by atoms with van der Waals surface area (Å²) in [6.07, 6.45) is -2.80. The van der Waals surface area contributed by atoms with Crippen LogP contribution in [0, 0.1) is 0 Å². The fourth-order valence-electron chi connectivity index (χ4n) is 4.54. The molecule has 0 saturated heterocycles. The second-order valence-electron chi connectivity index (χ2n) is 9.37. The number of amides is 1. The zero-order valence-electron chi connectivity index (χ0n) is 21.3. The predicted octanol–water partition coefficient (Wildman–Crippen LogP) is 5.99. The number of nitrogens with zero attached hydrogens (tertiary/aromatic N) is 1. The van der Waals surface area contributed by atoms with Crippen molar-refractivity contribution in [3.05, 3.63) is 119 Å². The number of nitrogens with two attached hydrogens (primary N) is 2. The number of nitrogen functional groups attached to an aromatic ring is 1. The fourth-order valence-corrected chi connectivity index (χ4v) is 5.30. The van der Waals surface area contributed by atoms with Crippen LogP contribution >= 0.6 is 0 Å². The van der Waals surface area contributed by atoms with E-state index in [1.54, 1.807) is 42.6 Å². The molecule has 7 nitrogen and oxygen atoms in total. The molecule has 0 aliphatic carbocycles. The van der Waals surface area contributed by atoms with Gasteiger partial charge in [0.25, 0.3) is 5.91 Å². The van der Waals surface area contributed by atoms with Crippen molar-refractivity contribution in [2.75, 3.05) is 11.1 Å². The summed E-state index contributed by atoms with van der Waals surface area (Å²) in [6, 6.07) is 22.7. The molecule has 1 aromatic heterocycles. The molecule has 0 bridgehead atoms. The summed E-state index contributed by atoms with van der Waals surface area (Å²) in [6.45, 7) is 0. The summed E-state index contributed by atoms with van der Waals surface area (Å²) in [5, 5.41) is 9.52. The minimum absolute atomic E-state index is 0.00716. The van der Waals surface area contributed by atoms with Crippen molar-refractivity contribution in [3.8, 4) is 11.1 Å². The van der Waals surface area contributed by atoms with Crippen LogP contribution in [0.1, 0.15) is 27.0 Å². The molecule has 0 saturated carbocycles. The van der Waals surface area contributed by atoms with E-state index in [1.165, 1.54) is 24.3 Å². The first-order valence-corrected chi connectivity index (χ1v) is 13.8. The minimum atomic E-state index is -4.61.